The summed E-state index contributed by atoms with van der Waals surface area (Å²) >= 11 is 5.19. The van der Waals surface area contributed by atoms with Crippen LogP contribution in [-0.2, 0) is 6.42 Å². The second-order valence-corrected chi connectivity index (χ2v) is 6.49. The van der Waals surface area contributed by atoms with Crippen molar-refractivity contribution < 1.29 is 8.78 Å². The van der Waals surface area contributed by atoms with E-state index in [1.165, 1.54) is 17.0 Å². The highest BCUT2D eigenvalue weighted by molar-refractivity contribution is 9.10. The summed E-state index contributed by atoms with van der Waals surface area (Å²) in [4.78, 5) is 2.32. The lowest BCUT2D eigenvalue weighted by Crippen LogP contribution is -2.18. The Hall–Kier alpha value is -0.780. The van der Waals surface area contributed by atoms with Gasteiger partial charge < -0.3 is 5.32 Å². The Balaban J connectivity index is 2.26. The zero-order valence-electron chi connectivity index (χ0n) is 10.6. The number of aryl methyl sites for hydroxylation is 1. The summed E-state index contributed by atoms with van der Waals surface area (Å²) in [5.74, 6) is -1.04. The summed E-state index contributed by atoms with van der Waals surface area (Å²) < 4.78 is 27.6. The lowest BCUT2D eigenvalue weighted by atomic mass is 10.0. The van der Waals surface area contributed by atoms with Gasteiger partial charge in [-0.25, -0.2) is 8.78 Å². The first kappa shape index (κ1) is 14.6. The van der Waals surface area contributed by atoms with Crippen LogP contribution in [0.1, 0.15) is 21.4 Å². The van der Waals surface area contributed by atoms with Crippen molar-refractivity contribution in [2.24, 2.45) is 0 Å². The molecule has 1 heterocycles. The van der Waals surface area contributed by atoms with E-state index in [0.717, 1.165) is 15.4 Å². The fraction of sp³-hybridized carbons (Fsp3) is 0.286. The lowest BCUT2D eigenvalue weighted by Gasteiger charge is -2.16. The highest BCUT2D eigenvalue weighted by Gasteiger charge is 2.18. The maximum Gasteiger partial charge on any atom is 0.129 e. The zero-order valence-corrected chi connectivity index (χ0v) is 13.0. The summed E-state index contributed by atoms with van der Waals surface area (Å²) in [6.45, 7) is 2.03. The minimum Gasteiger partial charge on any atom is -0.312 e. The Morgan fingerprint density at radius 1 is 1.32 bits per heavy atom. The lowest BCUT2D eigenvalue weighted by molar-refractivity contribution is 0.544. The van der Waals surface area contributed by atoms with Gasteiger partial charge in [0.2, 0.25) is 0 Å². The molecule has 0 aliphatic heterocycles. The van der Waals surface area contributed by atoms with Crippen molar-refractivity contribution in [3.05, 3.63) is 55.7 Å². The van der Waals surface area contributed by atoms with Crippen molar-refractivity contribution in [1.82, 2.24) is 5.32 Å². The largest absolute Gasteiger partial charge is 0.312 e. The molecule has 1 unspecified atom stereocenters. The number of halogens is 3. The third-order valence-electron chi connectivity index (χ3n) is 2.94. The van der Waals surface area contributed by atoms with Crippen molar-refractivity contribution >= 4 is 27.3 Å². The van der Waals surface area contributed by atoms with Crippen molar-refractivity contribution in [2.45, 2.75) is 19.4 Å². The zero-order chi connectivity index (χ0) is 14.0. The standard InChI is InChI=1S/C14H14BrF2NS/c1-8-5-11(15)14(19-8)13(18-2)6-9-3-4-10(16)7-12(9)17/h3-5,7,13,18H,6H2,1-2H3. The molecule has 19 heavy (non-hydrogen) atoms. The van der Waals surface area contributed by atoms with Gasteiger partial charge in [-0.15, -0.1) is 11.3 Å². The quantitative estimate of drug-likeness (QED) is 0.853. The molecule has 0 amide bonds. The van der Waals surface area contributed by atoms with Crippen molar-refractivity contribution in [1.29, 1.82) is 0 Å². The molecule has 0 bridgehead atoms. The molecule has 5 heteroatoms. The minimum absolute atomic E-state index is 0.00744. The highest BCUT2D eigenvalue weighted by atomic mass is 79.9. The van der Waals surface area contributed by atoms with Crippen molar-refractivity contribution in [2.75, 3.05) is 7.05 Å². The summed E-state index contributed by atoms with van der Waals surface area (Å²) in [7, 11) is 1.84. The molecule has 2 rings (SSSR count). The summed E-state index contributed by atoms with van der Waals surface area (Å²) in [6, 6.07) is 5.78. The number of hydrogen-bond donors (Lipinski definition) is 1. The molecule has 1 aromatic heterocycles. The van der Waals surface area contributed by atoms with Gasteiger partial charge in [0.15, 0.2) is 0 Å². The Bertz CT molecular complexity index is 583. The number of hydrogen-bond acceptors (Lipinski definition) is 2. The molecule has 1 atom stereocenters. The van der Waals surface area contributed by atoms with Crippen LogP contribution in [0.3, 0.4) is 0 Å². The van der Waals surface area contributed by atoms with Crippen molar-refractivity contribution in [3.8, 4) is 0 Å². The molecule has 0 aliphatic carbocycles. The number of benzene rings is 1. The Morgan fingerprint density at radius 2 is 2.05 bits per heavy atom. The monoisotopic (exact) mass is 345 g/mol. The Morgan fingerprint density at radius 3 is 2.58 bits per heavy atom. The van der Waals surface area contributed by atoms with Crippen LogP contribution in [0.4, 0.5) is 8.78 Å². The van der Waals surface area contributed by atoms with Crippen LogP contribution in [0.2, 0.25) is 0 Å². The fourth-order valence-corrected chi connectivity index (χ4v) is 4.01. The van der Waals surface area contributed by atoms with Gasteiger partial charge >= 0.3 is 0 Å². The average molecular weight is 346 g/mol. The van der Waals surface area contributed by atoms with E-state index in [1.54, 1.807) is 11.3 Å². The fourth-order valence-electron chi connectivity index (χ4n) is 1.97. The van der Waals surface area contributed by atoms with Crippen LogP contribution in [0.25, 0.3) is 0 Å². The van der Waals surface area contributed by atoms with E-state index in [1.807, 2.05) is 20.0 Å². The van der Waals surface area contributed by atoms with Gasteiger partial charge in [0.1, 0.15) is 11.6 Å². The maximum absolute atomic E-state index is 13.7. The highest BCUT2D eigenvalue weighted by Crippen LogP contribution is 2.34. The van der Waals surface area contributed by atoms with E-state index in [2.05, 4.69) is 21.2 Å². The van der Waals surface area contributed by atoms with Crippen molar-refractivity contribution in [3.63, 3.8) is 0 Å². The Kier molecular flexibility index (Phi) is 4.71. The molecular weight excluding hydrogens is 332 g/mol. The molecule has 0 radical (unpaired) electrons. The van der Waals surface area contributed by atoms with Gasteiger partial charge in [-0.2, -0.15) is 0 Å². The van der Waals surface area contributed by atoms with E-state index >= 15 is 0 Å². The Labute approximate surface area is 123 Å². The molecule has 0 saturated carbocycles. The number of nitrogens with one attached hydrogen (secondary N) is 1. The van der Waals surface area contributed by atoms with Crippen LogP contribution in [0.15, 0.2) is 28.7 Å². The van der Waals surface area contributed by atoms with E-state index in [0.29, 0.717) is 12.0 Å². The SMILES string of the molecule is CNC(Cc1ccc(F)cc1F)c1sc(C)cc1Br. The van der Waals surface area contributed by atoms with Crippen LogP contribution < -0.4 is 5.32 Å². The molecule has 0 saturated heterocycles. The topological polar surface area (TPSA) is 12.0 Å². The molecule has 102 valence electrons. The first-order valence-electron chi connectivity index (χ1n) is 5.88. The second kappa shape index (κ2) is 6.11. The first-order valence-corrected chi connectivity index (χ1v) is 7.49. The normalized spacial score (nSPS) is 12.7. The van der Waals surface area contributed by atoms with Gasteiger partial charge in [0.05, 0.1) is 0 Å². The van der Waals surface area contributed by atoms with Crippen LogP contribution in [-0.4, -0.2) is 7.05 Å². The molecule has 0 spiro atoms. The molecule has 0 fully saturated rings. The smallest absolute Gasteiger partial charge is 0.129 e. The predicted molar refractivity (Wildman–Crippen MR) is 78.6 cm³/mol. The molecule has 2 aromatic rings. The number of thiophene rings is 1. The average Bonchev–Trinajstić information content (AvgIpc) is 2.68. The van der Waals surface area contributed by atoms with E-state index in [4.69, 9.17) is 0 Å². The van der Waals surface area contributed by atoms with Crippen LogP contribution in [0.5, 0.6) is 0 Å². The summed E-state index contributed by atoms with van der Waals surface area (Å²) in [6.07, 6.45) is 0.487. The molecule has 1 nitrogen and oxygen atoms in total. The molecule has 1 aromatic carbocycles. The molecule has 1 N–H and O–H groups in total. The van der Waals surface area contributed by atoms with Crippen LogP contribution >= 0.6 is 27.3 Å². The summed E-state index contributed by atoms with van der Waals surface area (Å²) in [5, 5.41) is 3.18. The van der Waals surface area contributed by atoms with Crippen LogP contribution in [0, 0.1) is 18.6 Å². The third-order valence-corrected chi connectivity index (χ3v) is 5.02. The predicted octanol–water partition coefficient (Wildman–Crippen LogP) is 4.60. The van der Waals surface area contributed by atoms with E-state index in [9.17, 15) is 8.78 Å². The third kappa shape index (κ3) is 3.41. The van der Waals surface area contributed by atoms with E-state index in [-0.39, 0.29) is 6.04 Å². The van der Waals surface area contributed by atoms with Gasteiger partial charge in [0.25, 0.3) is 0 Å². The maximum atomic E-state index is 13.7. The van der Waals surface area contributed by atoms with Gasteiger partial charge in [-0.1, -0.05) is 6.07 Å². The molecular formula is C14H14BrF2NS. The minimum atomic E-state index is -0.546. The van der Waals surface area contributed by atoms with E-state index < -0.39 is 11.6 Å². The second-order valence-electron chi connectivity index (χ2n) is 4.35. The first-order chi connectivity index (χ1) is 9.01. The van der Waals surface area contributed by atoms with Gasteiger partial charge in [-0.3, -0.25) is 0 Å². The van der Waals surface area contributed by atoms with Gasteiger partial charge in [-0.05, 0) is 54.0 Å². The van der Waals surface area contributed by atoms with Gasteiger partial charge in [0, 0.05) is 26.3 Å². The number of rotatable bonds is 4. The summed E-state index contributed by atoms with van der Waals surface area (Å²) in [5.41, 5.74) is 0.513. The number of likely N-dealkylation sites (N-methyl/N-ethyl adjacent to an activating group) is 1. The molecule has 0 aliphatic rings.